The number of imidazole rings is 1. The first-order valence-corrected chi connectivity index (χ1v) is 7.97. The summed E-state index contributed by atoms with van der Waals surface area (Å²) in [4.78, 5) is 21.0. The predicted molar refractivity (Wildman–Crippen MR) is 89.5 cm³/mol. The molecule has 0 atom stereocenters. The van der Waals surface area contributed by atoms with Crippen molar-refractivity contribution in [2.45, 2.75) is 6.54 Å². The molecule has 3 aromatic heterocycles. The van der Waals surface area contributed by atoms with Crippen molar-refractivity contribution in [2.24, 2.45) is 0 Å². The van der Waals surface area contributed by atoms with Crippen molar-refractivity contribution in [2.75, 3.05) is 31.9 Å². The van der Waals surface area contributed by atoms with E-state index in [1.165, 1.54) is 6.26 Å². The monoisotopic (exact) mass is 325 g/mol. The summed E-state index contributed by atoms with van der Waals surface area (Å²) in [6, 6.07) is 7.21. The van der Waals surface area contributed by atoms with Crippen LogP contribution in [0.2, 0.25) is 0 Å². The fraction of sp³-hybridized carbons (Fsp3) is 0.294. The van der Waals surface area contributed by atoms with E-state index >= 15 is 0 Å². The van der Waals surface area contributed by atoms with Crippen LogP contribution < -0.4 is 5.73 Å². The Morgan fingerprint density at radius 1 is 1.17 bits per heavy atom. The van der Waals surface area contributed by atoms with E-state index in [9.17, 15) is 4.79 Å². The van der Waals surface area contributed by atoms with Crippen molar-refractivity contribution in [1.29, 1.82) is 0 Å². The van der Waals surface area contributed by atoms with Gasteiger partial charge >= 0.3 is 0 Å². The molecule has 2 N–H and O–H groups in total. The third-order valence-corrected chi connectivity index (χ3v) is 4.30. The summed E-state index contributed by atoms with van der Waals surface area (Å²) in [5.74, 6) is 0.365. The molecular formula is C17H19N5O2. The number of nitrogen functional groups attached to an aromatic ring is 1. The molecule has 7 nitrogen and oxygen atoms in total. The smallest absolute Gasteiger partial charge is 0.289 e. The van der Waals surface area contributed by atoms with E-state index in [0.29, 0.717) is 18.8 Å². The van der Waals surface area contributed by atoms with E-state index in [-0.39, 0.29) is 5.91 Å². The number of nitrogens with zero attached hydrogens (tertiary/aromatic N) is 4. The number of piperazine rings is 1. The summed E-state index contributed by atoms with van der Waals surface area (Å²) in [6.45, 7) is 3.80. The molecule has 0 radical (unpaired) electrons. The molecule has 1 fully saturated rings. The van der Waals surface area contributed by atoms with E-state index in [0.717, 1.165) is 36.7 Å². The molecular weight excluding hydrogens is 306 g/mol. The van der Waals surface area contributed by atoms with Gasteiger partial charge < -0.3 is 19.5 Å². The maximum atomic E-state index is 12.3. The zero-order chi connectivity index (χ0) is 16.5. The predicted octanol–water partition coefficient (Wildman–Crippen LogP) is 1.47. The lowest BCUT2D eigenvalue weighted by Crippen LogP contribution is -2.48. The highest BCUT2D eigenvalue weighted by Crippen LogP contribution is 2.13. The van der Waals surface area contributed by atoms with Crippen LogP contribution in [0.4, 0.5) is 5.69 Å². The Hall–Kier alpha value is -2.80. The van der Waals surface area contributed by atoms with Crippen LogP contribution in [0, 0.1) is 0 Å². The lowest BCUT2D eigenvalue weighted by molar-refractivity contribution is 0.0596. The van der Waals surface area contributed by atoms with Crippen LogP contribution in [0.1, 0.15) is 16.2 Å². The lowest BCUT2D eigenvalue weighted by atomic mass is 10.2. The maximum Gasteiger partial charge on any atom is 0.289 e. The summed E-state index contributed by atoms with van der Waals surface area (Å²) in [5.41, 5.74) is 8.42. The van der Waals surface area contributed by atoms with Gasteiger partial charge in [-0.3, -0.25) is 9.69 Å². The van der Waals surface area contributed by atoms with Crippen molar-refractivity contribution >= 4 is 17.2 Å². The van der Waals surface area contributed by atoms with Gasteiger partial charge in [0.15, 0.2) is 5.76 Å². The van der Waals surface area contributed by atoms with E-state index in [1.807, 2.05) is 33.8 Å². The molecule has 1 aliphatic heterocycles. The number of hydrogen-bond acceptors (Lipinski definition) is 5. The van der Waals surface area contributed by atoms with Gasteiger partial charge in [-0.05, 0) is 24.3 Å². The van der Waals surface area contributed by atoms with Crippen molar-refractivity contribution in [1.82, 2.24) is 19.2 Å². The van der Waals surface area contributed by atoms with Crippen LogP contribution in [0.3, 0.4) is 0 Å². The number of carbonyl (C=O) groups is 1. The number of rotatable bonds is 3. The van der Waals surface area contributed by atoms with Crippen LogP contribution >= 0.6 is 0 Å². The van der Waals surface area contributed by atoms with Gasteiger partial charge in [0.2, 0.25) is 0 Å². The van der Waals surface area contributed by atoms with E-state index in [2.05, 4.69) is 9.88 Å². The highest BCUT2D eigenvalue weighted by atomic mass is 16.3. The van der Waals surface area contributed by atoms with Gasteiger partial charge in [0.1, 0.15) is 5.65 Å². The number of pyridine rings is 1. The molecule has 3 aromatic rings. The van der Waals surface area contributed by atoms with E-state index in [4.69, 9.17) is 10.2 Å². The molecule has 4 rings (SSSR count). The van der Waals surface area contributed by atoms with Gasteiger partial charge in [-0.1, -0.05) is 0 Å². The van der Waals surface area contributed by atoms with Crippen LogP contribution in [0.5, 0.6) is 0 Å². The second kappa shape index (κ2) is 6.01. The lowest BCUT2D eigenvalue weighted by Gasteiger charge is -2.33. The van der Waals surface area contributed by atoms with Gasteiger partial charge in [0.25, 0.3) is 5.91 Å². The third kappa shape index (κ3) is 2.85. The van der Waals surface area contributed by atoms with Crippen LogP contribution in [0.25, 0.3) is 5.65 Å². The first-order valence-electron chi connectivity index (χ1n) is 7.97. The van der Waals surface area contributed by atoms with Crippen molar-refractivity contribution in [3.05, 3.63) is 54.4 Å². The quantitative estimate of drug-likeness (QED) is 0.789. The largest absolute Gasteiger partial charge is 0.459 e. The summed E-state index contributed by atoms with van der Waals surface area (Å²) in [5, 5.41) is 0. The number of aromatic nitrogens is 2. The minimum atomic E-state index is -0.0390. The Morgan fingerprint density at radius 3 is 2.75 bits per heavy atom. The van der Waals surface area contributed by atoms with Gasteiger partial charge in [0, 0.05) is 50.8 Å². The van der Waals surface area contributed by atoms with Gasteiger partial charge in [0.05, 0.1) is 12.0 Å². The first kappa shape index (κ1) is 14.8. The summed E-state index contributed by atoms with van der Waals surface area (Å²) in [7, 11) is 0. The highest BCUT2D eigenvalue weighted by molar-refractivity contribution is 5.91. The third-order valence-electron chi connectivity index (χ3n) is 4.30. The maximum absolute atomic E-state index is 12.3. The zero-order valence-corrected chi connectivity index (χ0v) is 13.3. The molecule has 4 heterocycles. The minimum absolute atomic E-state index is 0.0390. The molecule has 1 amide bonds. The first-order chi connectivity index (χ1) is 11.7. The molecule has 24 heavy (non-hydrogen) atoms. The second-order valence-corrected chi connectivity index (χ2v) is 6.01. The Bertz CT molecular complexity index is 847. The van der Waals surface area contributed by atoms with Crippen molar-refractivity contribution in [3.63, 3.8) is 0 Å². The Kier molecular flexibility index (Phi) is 3.70. The average Bonchev–Trinajstić information content (AvgIpc) is 3.23. The number of hydrogen-bond donors (Lipinski definition) is 1. The number of fused-ring (bicyclic) bond motifs is 1. The van der Waals surface area contributed by atoms with Gasteiger partial charge in [-0.15, -0.1) is 0 Å². The molecule has 0 aliphatic carbocycles. The van der Waals surface area contributed by atoms with E-state index in [1.54, 1.807) is 12.1 Å². The van der Waals surface area contributed by atoms with Gasteiger partial charge in [-0.25, -0.2) is 4.98 Å². The molecule has 0 unspecified atom stereocenters. The fourth-order valence-electron chi connectivity index (χ4n) is 3.03. The molecule has 0 aromatic carbocycles. The molecule has 0 spiro atoms. The fourth-order valence-corrected chi connectivity index (χ4v) is 3.03. The number of carbonyl (C=O) groups excluding carboxylic acids is 1. The molecule has 0 saturated carbocycles. The number of nitrogens with two attached hydrogens (primary N) is 1. The van der Waals surface area contributed by atoms with Crippen molar-refractivity contribution < 1.29 is 9.21 Å². The Labute approximate surface area is 139 Å². The Balaban J connectivity index is 1.38. The zero-order valence-electron chi connectivity index (χ0n) is 13.3. The van der Waals surface area contributed by atoms with Crippen LogP contribution in [-0.4, -0.2) is 51.3 Å². The molecule has 0 bridgehead atoms. The minimum Gasteiger partial charge on any atom is -0.459 e. The molecule has 7 heteroatoms. The molecule has 1 saturated heterocycles. The number of anilines is 1. The van der Waals surface area contributed by atoms with Crippen LogP contribution in [-0.2, 0) is 6.54 Å². The topological polar surface area (TPSA) is 80.0 Å². The summed E-state index contributed by atoms with van der Waals surface area (Å²) >= 11 is 0. The summed E-state index contributed by atoms with van der Waals surface area (Å²) < 4.78 is 7.13. The molecule has 124 valence electrons. The average molecular weight is 325 g/mol. The highest BCUT2D eigenvalue weighted by Gasteiger charge is 2.24. The van der Waals surface area contributed by atoms with Crippen LogP contribution in [0.15, 0.2) is 47.3 Å². The number of amides is 1. The summed E-state index contributed by atoms with van der Waals surface area (Å²) in [6.07, 6.45) is 5.40. The standard InChI is InChI=1S/C17H19N5O2/c18-13-3-4-16-19-14(12-22(16)10-13)11-20-5-7-21(8-6-20)17(23)15-2-1-9-24-15/h1-4,9-10,12H,5-8,11,18H2. The number of furan rings is 1. The van der Waals surface area contributed by atoms with Gasteiger partial charge in [-0.2, -0.15) is 0 Å². The van der Waals surface area contributed by atoms with E-state index < -0.39 is 0 Å². The SMILES string of the molecule is Nc1ccc2nc(CN3CCN(C(=O)c4ccco4)CC3)cn2c1. The normalized spacial score (nSPS) is 15.9. The van der Waals surface area contributed by atoms with Crippen molar-refractivity contribution in [3.8, 4) is 0 Å². The molecule has 1 aliphatic rings. The second-order valence-electron chi connectivity index (χ2n) is 6.01. The Morgan fingerprint density at radius 2 is 2.00 bits per heavy atom.